The summed E-state index contributed by atoms with van der Waals surface area (Å²) in [6.07, 6.45) is 3.46. The highest BCUT2D eigenvalue weighted by molar-refractivity contribution is 5.74. The van der Waals surface area contributed by atoms with Gasteiger partial charge in [0.15, 0.2) is 17.3 Å². The number of carbonyl (C=O) groups is 1. The summed E-state index contributed by atoms with van der Waals surface area (Å²) in [5.74, 6) is 0.726. The maximum atomic E-state index is 12.9. The summed E-state index contributed by atoms with van der Waals surface area (Å²) >= 11 is 0. The molecule has 3 rings (SSSR count). The summed E-state index contributed by atoms with van der Waals surface area (Å²) in [5.41, 5.74) is 0.899. The second-order valence-electron chi connectivity index (χ2n) is 6.36. The van der Waals surface area contributed by atoms with Crippen LogP contribution >= 0.6 is 0 Å². The molecule has 2 aromatic rings. The average Bonchev–Trinajstić information content (AvgIpc) is 2.73. The Morgan fingerprint density at radius 2 is 2.00 bits per heavy atom. The first kappa shape index (κ1) is 19.7. The molecule has 1 N–H and O–H groups in total. The number of rotatable bonds is 6. The zero-order valence-corrected chi connectivity index (χ0v) is 15.9. The van der Waals surface area contributed by atoms with Crippen LogP contribution in [0.3, 0.4) is 0 Å². The number of benzene rings is 1. The predicted molar refractivity (Wildman–Crippen MR) is 99.0 cm³/mol. The van der Waals surface area contributed by atoms with Gasteiger partial charge in [0.2, 0.25) is 0 Å². The Kier molecular flexibility index (Phi) is 6.46. The minimum absolute atomic E-state index is 0.110. The minimum atomic E-state index is -0.521. The van der Waals surface area contributed by atoms with Crippen LogP contribution < -0.4 is 19.5 Å². The molecule has 1 atom stereocenters. The van der Waals surface area contributed by atoms with Crippen molar-refractivity contribution in [2.45, 2.75) is 25.5 Å². The molecule has 1 saturated heterocycles. The summed E-state index contributed by atoms with van der Waals surface area (Å²) in [7, 11) is 3.14. The maximum absolute atomic E-state index is 12.9. The summed E-state index contributed by atoms with van der Waals surface area (Å²) < 4.78 is 29.1. The molecule has 150 valence electrons. The van der Waals surface area contributed by atoms with Gasteiger partial charge in [0.05, 0.1) is 33.2 Å². The largest absolute Gasteiger partial charge is 0.493 e. The van der Waals surface area contributed by atoms with E-state index in [9.17, 15) is 9.18 Å². The van der Waals surface area contributed by atoms with Gasteiger partial charge < -0.3 is 24.4 Å². The molecule has 1 aliphatic rings. The van der Waals surface area contributed by atoms with Gasteiger partial charge in [0, 0.05) is 13.1 Å². The molecule has 2 amide bonds. The highest BCUT2D eigenvalue weighted by atomic mass is 19.1. The van der Waals surface area contributed by atoms with Crippen LogP contribution in [0, 0.1) is 5.82 Å². The number of amides is 2. The third kappa shape index (κ3) is 4.99. The number of likely N-dealkylation sites (tertiary alicyclic amines) is 1. The molecule has 1 unspecified atom stereocenters. The number of methoxy groups -OCH3 is 2. The molecule has 9 heteroatoms. The van der Waals surface area contributed by atoms with Crippen molar-refractivity contribution in [3.05, 3.63) is 42.0 Å². The topological polar surface area (TPSA) is 85.8 Å². The molecular formula is C19H23FN4O4. The van der Waals surface area contributed by atoms with E-state index in [1.54, 1.807) is 25.2 Å². The van der Waals surface area contributed by atoms with Crippen LogP contribution in [0.4, 0.5) is 9.18 Å². The van der Waals surface area contributed by atoms with Gasteiger partial charge in [-0.3, -0.25) is 0 Å². The Balaban J connectivity index is 1.53. The number of nitrogens with zero attached hydrogens (tertiary/aromatic N) is 3. The Morgan fingerprint density at radius 1 is 1.25 bits per heavy atom. The van der Waals surface area contributed by atoms with Gasteiger partial charge in [-0.1, -0.05) is 6.07 Å². The number of piperidine rings is 1. The highest BCUT2D eigenvalue weighted by Crippen LogP contribution is 2.27. The molecule has 1 aliphatic heterocycles. The van der Waals surface area contributed by atoms with Gasteiger partial charge >= 0.3 is 12.0 Å². The molecule has 1 aromatic heterocycles. The molecule has 1 aromatic carbocycles. The Hall–Kier alpha value is -3.10. The Morgan fingerprint density at radius 3 is 2.71 bits per heavy atom. The van der Waals surface area contributed by atoms with Crippen LogP contribution in [-0.2, 0) is 6.54 Å². The number of nitrogens with one attached hydrogen (secondary N) is 1. The van der Waals surface area contributed by atoms with E-state index in [4.69, 9.17) is 14.2 Å². The fraction of sp³-hybridized carbons (Fsp3) is 0.421. The minimum Gasteiger partial charge on any atom is -0.493 e. The highest BCUT2D eigenvalue weighted by Gasteiger charge is 2.25. The van der Waals surface area contributed by atoms with Crippen LogP contribution in [0.25, 0.3) is 0 Å². The third-order valence-corrected chi connectivity index (χ3v) is 4.43. The number of urea groups is 1. The zero-order valence-electron chi connectivity index (χ0n) is 15.9. The van der Waals surface area contributed by atoms with Crippen LogP contribution in [0.1, 0.15) is 18.4 Å². The summed E-state index contributed by atoms with van der Waals surface area (Å²) in [6.45, 7) is 1.42. The number of ether oxygens (including phenoxy) is 3. The molecule has 8 nitrogen and oxygen atoms in total. The smallest absolute Gasteiger partial charge is 0.317 e. The zero-order chi connectivity index (χ0) is 19.9. The van der Waals surface area contributed by atoms with Crippen molar-refractivity contribution in [2.75, 3.05) is 27.3 Å². The lowest BCUT2D eigenvalue weighted by Gasteiger charge is -2.32. The molecule has 0 aliphatic carbocycles. The van der Waals surface area contributed by atoms with E-state index in [0.29, 0.717) is 31.1 Å². The van der Waals surface area contributed by atoms with E-state index in [-0.39, 0.29) is 18.1 Å². The van der Waals surface area contributed by atoms with Gasteiger partial charge in [0.1, 0.15) is 6.10 Å². The van der Waals surface area contributed by atoms with Crippen LogP contribution in [0.5, 0.6) is 17.5 Å². The molecule has 2 heterocycles. The van der Waals surface area contributed by atoms with E-state index in [0.717, 1.165) is 30.8 Å². The van der Waals surface area contributed by atoms with Gasteiger partial charge in [-0.05, 0) is 30.5 Å². The standard InChI is InChI=1S/C19H23FN4O4/c1-26-16-6-5-13(8-17(16)27-2)9-23-19(25)24-7-3-4-15(12-24)28-18-21-10-14(20)11-22-18/h5-6,8,10-11,15H,3-4,7,9,12H2,1-2H3,(H,23,25). The summed E-state index contributed by atoms with van der Waals surface area (Å²) in [5, 5.41) is 2.90. The molecule has 0 saturated carbocycles. The van der Waals surface area contributed by atoms with E-state index in [2.05, 4.69) is 15.3 Å². The van der Waals surface area contributed by atoms with E-state index >= 15 is 0 Å². The van der Waals surface area contributed by atoms with Crippen LogP contribution in [0.15, 0.2) is 30.6 Å². The Labute approximate surface area is 162 Å². The summed E-state index contributed by atoms with van der Waals surface area (Å²) in [4.78, 5) is 21.8. The van der Waals surface area contributed by atoms with Crippen molar-refractivity contribution < 1.29 is 23.4 Å². The van der Waals surface area contributed by atoms with Gasteiger partial charge in [-0.15, -0.1) is 0 Å². The predicted octanol–water partition coefficient (Wildman–Crippen LogP) is 2.39. The second-order valence-corrected chi connectivity index (χ2v) is 6.36. The number of aromatic nitrogens is 2. The van der Waals surface area contributed by atoms with Crippen molar-refractivity contribution in [3.8, 4) is 17.5 Å². The molecule has 0 radical (unpaired) electrons. The molecular weight excluding hydrogens is 367 g/mol. The van der Waals surface area contributed by atoms with Crippen LogP contribution in [-0.4, -0.2) is 54.3 Å². The third-order valence-electron chi connectivity index (χ3n) is 4.43. The van der Waals surface area contributed by atoms with Crippen molar-refractivity contribution in [3.63, 3.8) is 0 Å². The lowest BCUT2D eigenvalue weighted by molar-refractivity contribution is 0.0936. The first-order valence-corrected chi connectivity index (χ1v) is 8.97. The van der Waals surface area contributed by atoms with Crippen LogP contribution in [0.2, 0.25) is 0 Å². The fourth-order valence-electron chi connectivity index (χ4n) is 3.01. The van der Waals surface area contributed by atoms with Crippen molar-refractivity contribution in [2.24, 2.45) is 0 Å². The number of halogens is 1. The lowest BCUT2D eigenvalue weighted by atomic mass is 10.1. The first-order chi connectivity index (χ1) is 13.6. The average molecular weight is 390 g/mol. The molecule has 0 bridgehead atoms. The molecule has 28 heavy (non-hydrogen) atoms. The monoisotopic (exact) mass is 390 g/mol. The second kappa shape index (κ2) is 9.20. The number of hydrogen-bond acceptors (Lipinski definition) is 6. The summed E-state index contributed by atoms with van der Waals surface area (Å²) in [6, 6.07) is 5.43. The first-order valence-electron chi connectivity index (χ1n) is 8.97. The van der Waals surface area contributed by atoms with E-state index in [1.165, 1.54) is 0 Å². The quantitative estimate of drug-likeness (QED) is 0.815. The number of carbonyl (C=O) groups excluding carboxylic acids is 1. The molecule has 1 fully saturated rings. The van der Waals surface area contributed by atoms with E-state index < -0.39 is 5.82 Å². The normalized spacial score (nSPS) is 16.4. The van der Waals surface area contributed by atoms with Crippen molar-refractivity contribution in [1.29, 1.82) is 0 Å². The van der Waals surface area contributed by atoms with Gasteiger partial charge in [0.25, 0.3) is 0 Å². The van der Waals surface area contributed by atoms with Crippen molar-refractivity contribution in [1.82, 2.24) is 20.2 Å². The van der Waals surface area contributed by atoms with E-state index in [1.807, 2.05) is 12.1 Å². The van der Waals surface area contributed by atoms with Crippen molar-refractivity contribution >= 4 is 6.03 Å². The lowest BCUT2D eigenvalue weighted by Crippen LogP contribution is -2.48. The number of hydrogen-bond donors (Lipinski definition) is 1. The Bertz CT molecular complexity index is 803. The molecule has 0 spiro atoms. The SMILES string of the molecule is COc1ccc(CNC(=O)N2CCCC(Oc3ncc(F)cn3)C2)cc1OC. The van der Waals surface area contributed by atoms with Gasteiger partial charge in [-0.2, -0.15) is 0 Å². The fourth-order valence-corrected chi connectivity index (χ4v) is 3.01. The maximum Gasteiger partial charge on any atom is 0.317 e. The van der Waals surface area contributed by atoms with Gasteiger partial charge in [-0.25, -0.2) is 19.2 Å².